The van der Waals surface area contributed by atoms with E-state index in [4.69, 9.17) is 0 Å². The quantitative estimate of drug-likeness (QED) is 0.835. The lowest BCUT2D eigenvalue weighted by Crippen LogP contribution is -2.33. The fourth-order valence-electron chi connectivity index (χ4n) is 1.57. The maximum absolute atomic E-state index is 11.1. The molecule has 0 bridgehead atoms. The van der Waals surface area contributed by atoms with Crippen LogP contribution in [0.15, 0.2) is 36.8 Å². The highest BCUT2D eigenvalue weighted by molar-refractivity contribution is 5.73. The zero-order valence-corrected chi connectivity index (χ0v) is 10.1. The van der Waals surface area contributed by atoms with Crippen LogP contribution < -0.4 is 10.6 Å². The van der Waals surface area contributed by atoms with Gasteiger partial charge in [0.15, 0.2) is 0 Å². The number of nitrogens with zero attached hydrogens (tertiary/aromatic N) is 3. The minimum absolute atomic E-state index is 0.220. The molecular formula is C12H15N5O. The Hall–Kier alpha value is -2.37. The Morgan fingerprint density at radius 1 is 1.33 bits per heavy atom. The van der Waals surface area contributed by atoms with Gasteiger partial charge in [-0.15, -0.1) is 0 Å². The van der Waals surface area contributed by atoms with Crippen LogP contribution in [0.4, 0.5) is 4.79 Å². The van der Waals surface area contributed by atoms with E-state index in [1.807, 2.05) is 29.0 Å². The van der Waals surface area contributed by atoms with Gasteiger partial charge in [0.05, 0.1) is 18.8 Å². The summed E-state index contributed by atoms with van der Waals surface area (Å²) in [6, 6.07) is 5.56. The van der Waals surface area contributed by atoms with Crippen molar-refractivity contribution in [1.29, 1.82) is 0 Å². The number of carbonyl (C=O) groups excluding carboxylic acids is 1. The van der Waals surface area contributed by atoms with E-state index in [0.717, 1.165) is 11.5 Å². The van der Waals surface area contributed by atoms with Gasteiger partial charge in [0.1, 0.15) is 5.82 Å². The smallest absolute Gasteiger partial charge is 0.314 e. The summed E-state index contributed by atoms with van der Waals surface area (Å²) >= 11 is 0. The Bertz CT molecular complexity index is 508. The Morgan fingerprint density at radius 2 is 2.22 bits per heavy atom. The summed E-state index contributed by atoms with van der Waals surface area (Å²) in [5, 5.41) is 5.20. The molecule has 0 aliphatic heterocycles. The minimum Gasteiger partial charge on any atom is -0.341 e. The van der Waals surface area contributed by atoms with Gasteiger partial charge in [-0.2, -0.15) is 0 Å². The minimum atomic E-state index is -0.220. The molecule has 0 radical (unpaired) electrons. The molecule has 2 aromatic rings. The molecule has 0 saturated carbocycles. The van der Waals surface area contributed by atoms with E-state index in [2.05, 4.69) is 20.6 Å². The van der Waals surface area contributed by atoms with E-state index in [1.165, 1.54) is 0 Å². The average molecular weight is 245 g/mol. The first-order chi connectivity index (χ1) is 8.79. The van der Waals surface area contributed by atoms with E-state index in [1.54, 1.807) is 19.4 Å². The molecule has 0 saturated heterocycles. The highest BCUT2D eigenvalue weighted by Gasteiger charge is 2.05. The van der Waals surface area contributed by atoms with Crippen LogP contribution >= 0.6 is 0 Å². The monoisotopic (exact) mass is 245 g/mol. The molecule has 2 aromatic heterocycles. The number of carbonyl (C=O) groups is 1. The molecule has 0 fully saturated rings. The van der Waals surface area contributed by atoms with Crippen molar-refractivity contribution in [2.75, 3.05) is 7.05 Å². The summed E-state index contributed by atoms with van der Waals surface area (Å²) in [7, 11) is 1.58. The molecule has 0 aliphatic carbocycles. The van der Waals surface area contributed by atoms with E-state index in [9.17, 15) is 4.79 Å². The summed E-state index contributed by atoms with van der Waals surface area (Å²) < 4.78 is 1.96. The van der Waals surface area contributed by atoms with E-state index >= 15 is 0 Å². The van der Waals surface area contributed by atoms with Crippen molar-refractivity contribution < 1.29 is 4.79 Å². The second-order valence-corrected chi connectivity index (χ2v) is 3.73. The van der Waals surface area contributed by atoms with Gasteiger partial charge < -0.3 is 15.2 Å². The van der Waals surface area contributed by atoms with E-state index in [0.29, 0.717) is 13.1 Å². The second-order valence-electron chi connectivity index (χ2n) is 3.73. The molecule has 2 rings (SSSR count). The van der Waals surface area contributed by atoms with Crippen LogP contribution in [0.3, 0.4) is 0 Å². The number of pyridine rings is 1. The lowest BCUT2D eigenvalue weighted by atomic mass is 10.3. The molecule has 6 heteroatoms. The standard InChI is InChI=1S/C12H15N5O/c1-13-12(18)16-8-11-15-6-7-17(11)9-10-4-2-3-5-14-10/h2-7H,8-9H2,1H3,(H2,13,16,18). The summed E-state index contributed by atoms with van der Waals surface area (Å²) in [6.07, 6.45) is 5.34. The van der Waals surface area contributed by atoms with E-state index in [-0.39, 0.29) is 6.03 Å². The third kappa shape index (κ3) is 3.07. The predicted molar refractivity (Wildman–Crippen MR) is 66.9 cm³/mol. The first-order valence-electron chi connectivity index (χ1n) is 5.65. The van der Waals surface area contributed by atoms with Crippen molar-refractivity contribution in [2.24, 2.45) is 0 Å². The molecular weight excluding hydrogens is 230 g/mol. The molecule has 0 spiro atoms. The molecule has 0 aliphatic rings. The van der Waals surface area contributed by atoms with Gasteiger partial charge in [-0.3, -0.25) is 4.98 Å². The van der Waals surface area contributed by atoms with Crippen molar-refractivity contribution in [3.8, 4) is 0 Å². The lowest BCUT2D eigenvalue weighted by Gasteiger charge is -2.08. The molecule has 2 N–H and O–H groups in total. The Kier molecular flexibility index (Phi) is 3.90. The fraction of sp³-hybridized carbons (Fsp3) is 0.250. The molecule has 0 atom stereocenters. The maximum atomic E-state index is 11.1. The number of aromatic nitrogens is 3. The van der Waals surface area contributed by atoms with Gasteiger partial charge in [0, 0.05) is 25.6 Å². The highest BCUT2D eigenvalue weighted by atomic mass is 16.2. The van der Waals surface area contributed by atoms with Crippen molar-refractivity contribution >= 4 is 6.03 Å². The normalized spacial score (nSPS) is 10.1. The molecule has 0 aromatic carbocycles. The van der Waals surface area contributed by atoms with Crippen molar-refractivity contribution in [2.45, 2.75) is 13.1 Å². The lowest BCUT2D eigenvalue weighted by molar-refractivity contribution is 0.242. The molecule has 94 valence electrons. The SMILES string of the molecule is CNC(=O)NCc1nccn1Cc1ccccn1. The van der Waals surface area contributed by atoms with Gasteiger partial charge in [0.25, 0.3) is 0 Å². The van der Waals surface area contributed by atoms with Gasteiger partial charge in [-0.25, -0.2) is 9.78 Å². The summed E-state index contributed by atoms with van der Waals surface area (Å²) in [5.74, 6) is 0.796. The molecule has 2 heterocycles. The summed E-state index contributed by atoms with van der Waals surface area (Å²) in [4.78, 5) is 19.6. The maximum Gasteiger partial charge on any atom is 0.314 e. The van der Waals surface area contributed by atoms with Crippen LogP contribution in [0.25, 0.3) is 0 Å². The average Bonchev–Trinajstić information content (AvgIpc) is 2.84. The summed E-state index contributed by atoms with van der Waals surface area (Å²) in [6.45, 7) is 1.03. The van der Waals surface area contributed by atoms with Gasteiger partial charge >= 0.3 is 6.03 Å². The van der Waals surface area contributed by atoms with Crippen LogP contribution in [0.5, 0.6) is 0 Å². The van der Waals surface area contributed by atoms with Crippen molar-refractivity contribution in [3.63, 3.8) is 0 Å². The van der Waals surface area contributed by atoms with Crippen molar-refractivity contribution in [3.05, 3.63) is 48.3 Å². The first kappa shape index (κ1) is 12.1. The first-order valence-corrected chi connectivity index (χ1v) is 5.65. The molecule has 2 amide bonds. The zero-order valence-electron chi connectivity index (χ0n) is 10.1. The van der Waals surface area contributed by atoms with Crippen molar-refractivity contribution in [1.82, 2.24) is 25.2 Å². The van der Waals surface area contributed by atoms with Crippen LogP contribution in [0, 0.1) is 0 Å². The number of rotatable bonds is 4. The van der Waals surface area contributed by atoms with Gasteiger partial charge in [0.2, 0.25) is 0 Å². The molecule has 0 unspecified atom stereocenters. The van der Waals surface area contributed by atoms with Gasteiger partial charge in [-0.05, 0) is 12.1 Å². The van der Waals surface area contributed by atoms with Gasteiger partial charge in [-0.1, -0.05) is 6.07 Å². The zero-order chi connectivity index (χ0) is 12.8. The van der Waals surface area contributed by atoms with Crippen LogP contribution in [0.1, 0.15) is 11.5 Å². The molecule has 18 heavy (non-hydrogen) atoms. The second kappa shape index (κ2) is 5.81. The summed E-state index contributed by atoms with van der Waals surface area (Å²) in [5.41, 5.74) is 0.955. The largest absolute Gasteiger partial charge is 0.341 e. The number of nitrogens with one attached hydrogen (secondary N) is 2. The Morgan fingerprint density at radius 3 is 2.94 bits per heavy atom. The predicted octanol–water partition coefficient (Wildman–Crippen LogP) is 0.755. The number of urea groups is 1. The number of hydrogen-bond donors (Lipinski definition) is 2. The topological polar surface area (TPSA) is 71.8 Å². The van der Waals surface area contributed by atoms with Crippen LogP contribution in [-0.4, -0.2) is 27.6 Å². The third-order valence-electron chi connectivity index (χ3n) is 2.49. The number of imidazole rings is 1. The van der Waals surface area contributed by atoms with E-state index < -0.39 is 0 Å². The van der Waals surface area contributed by atoms with Crippen LogP contribution in [0.2, 0.25) is 0 Å². The number of amides is 2. The number of hydrogen-bond acceptors (Lipinski definition) is 3. The Balaban J connectivity index is 2.02. The third-order valence-corrected chi connectivity index (χ3v) is 2.49. The molecule has 6 nitrogen and oxygen atoms in total. The fourth-order valence-corrected chi connectivity index (χ4v) is 1.57. The van der Waals surface area contributed by atoms with Crippen LogP contribution in [-0.2, 0) is 13.1 Å². The Labute approximate surface area is 105 Å². The highest BCUT2D eigenvalue weighted by Crippen LogP contribution is 2.02.